The van der Waals surface area contributed by atoms with Gasteiger partial charge in [-0.05, 0) is 45.7 Å². The number of methoxy groups -OCH3 is 1. The average Bonchev–Trinajstić information content (AvgIpc) is 3.17. The molecule has 1 aromatic heterocycles. The highest BCUT2D eigenvalue weighted by molar-refractivity contribution is 6.42. The SMILES string of the molecule is COC(=O)C(=NOC1(C(=O)OC(C)(C)C)CCCC1)c1ccco1. The van der Waals surface area contributed by atoms with Crippen LogP contribution < -0.4 is 0 Å². The van der Waals surface area contributed by atoms with Crippen molar-refractivity contribution in [1.82, 2.24) is 0 Å². The van der Waals surface area contributed by atoms with Crippen LogP contribution in [0.2, 0.25) is 0 Å². The summed E-state index contributed by atoms with van der Waals surface area (Å²) in [7, 11) is 1.24. The molecule has 7 nitrogen and oxygen atoms in total. The molecule has 1 fully saturated rings. The smallest absolute Gasteiger partial charge is 0.364 e. The number of oxime groups is 1. The first kappa shape index (κ1) is 18.0. The number of hydrogen-bond donors (Lipinski definition) is 0. The lowest BCUT2D eigenvalue weighted by Gasteiger charge is -2.29. The number of hydrogen-bond acceptors (Lipinski definition) is 7. The highest BCUT2D eigenvalue weighted by Crippen LogP contribution is 2.36. The molecule has 1 saturated carbocycles. The Bertz CT molecular complexity index is 606. The van der Waals surface area contributed by atoms with Gasteiger partial charge in [-0.3, -0.25) is 0 Å². The number of esters is 2. The van der Waals surface area contributed by atoms with Crippen molar-refractivity contribution in [2.75, 3.05) is 7.11 Å². The molecule has 2 rings (SSSR count). The van der Waals surface area contributed by atoms with E-state index < -0.39 is 23.1 Å². The predicted octanol–water partition coefficient (Wildman–Crippen LogP) is 2.83. The average molecular weight is 337 g/mol. The van der Waals surface area contributed by atoms with E-state index in [0.717, 1.165) is 12.8 Å². The molecule has 1 aromatic rings. The van der Waals surface area contributed by atoms with Crippen molar-refractivity contribution in [2.24, 2.45) is 5.16 Å². The summed E-state index contributed by atoms with van der Waals surface area (Å²) in [4.78, 5) is 30.0. The van der Waals surface area contributed by atoms with Crippen LogP contribution in [0.25, 0.3) is 0 Å². The summed E-state index contributed by atoms with van der Waals surface area (Å²) in [6.45, 7) is 5.37. The lowest BCUT2D eigenvalue weighted by Crippen LogP contribution is -2.43. The van der Waals surface area contributed by atoms with Crippen molar-refractivity contribution in [3.05, 3.63) is 24.2 Å². The summed E-state index contributed by atoms with van der Waals surface area (Å²) >= 11 is 0. The predicted molar refractivity (Wildman–Crippen MR) is 85.4 cm³/mol. The van der Waals surface area contributed by atoms with Gasteiger partial charge in [0.05, 0.1) is 13.4 Å². The molecule has 0 aliphatic heterocycles. The topological polar surface area (TPSA) is 87.3 Å². The zero-order chi connectivity index (χ0) is 17.8. The molecule has 0 aromatic carbocycles. The lowest BCUT2D eigenvalue weighted by atomic mass is 10.0. The van der Waals surface area contributed by atoms with Crippen LogP contribution in [0.15, 0.2) is 28.0 Å². The minimum atomic E-state index is -1.18. The second-order valence-electron chi connectivity index (χ2n) is 6.70. The quantitative estimate of drug-likeness (QED) is 0.466. The molecule has 0 unspecified atom stereocenters. The third-order valence-corrected chi connectivity index (χ3v) is 3.63. The first-order chi connectivity index (χ1) is 11.3. The number of carbonyl (C=O) groups is 2. The van der Waals surface area contributed by atoms with Crippen LogP contribution >= 0.6 is 0 Å². The molecule has 1 aliphatic carbocycles. The molecule has 0 saturated heterocycles. The van der Waals surface area contributed by atoms with Gasteiger partial charge in [0, 0.05) is 12.8 Å². The van der Waals surface area contributed by atoms with E-state index >= 15 is 0 Å². The number of furan rings is 1. The maximum absolute atomic E-state index is 12.6. The van der Waals surface area contributed by atoms with Crippen LogP contribution in [0.4, 0.5) is 0 Å². The molecule has 0 spiro atoms. The second kappa shape index (κ2) is 7.07. The zero-order valence-corrected chi connectivity index (χ0v) is 14.5. The van der Waals surface area contributed by atoms with Gasteiger partial charge >= 0.3 is 11.9 Å². The van der Waals surface area contributed by atoms with Gasteiger partial charge in [0.1, 0.15) is 5.60 Å². The van der Waals surface area contributed by atoms with E-state index in [-0.39, 0.29) is 11.5 Å². The minimum Gasteiger partial charge on any atom is -0.464 e. The molecule has 24 heavy (non-hydrogen) atoms. The second-order valence-corrected chi connectivity index (χ2v) is 6.70. The van der Waals surface area contributed by atoms with E-state index in [1.807, 2.05) is 0 Å². The van der Waals surface area contributed by atoms with Gasteiger partial charge in [-0.1, -0.05) is 5.16 Å². The Labute approximate surface area is 140 Å². The van der Waals surface area contributed by atoms with Gasteiger partial charge in [-0.25, -0.2) is 9.59 Å². The first-order valence-electron chi connectivity index (χ1n) is 7.89. The van der Waals surface area contributed by atoms with Crippen LogP contribution in [0.1, 0.15) is 52.2 Å². The Morgan fingerprint density at radius 3 is 2.42 bits per heavy atom. The van der Waals surface area contributed by atoms with Crippen molar-refractivity contribution in [2.45, 2.75) is 57.7 Å². The molecule has 132 valence electrons. The number of ether oxygens (including phenoxy) is 2. The van der Waals surface area contributed by atoms with Crippen LogP contribution in [0.5, 0.6) is 0 Å². The molecule has 1 heterocycles. The molecule has 0 N–H and O–H groups in total. The summed E-state index contributed by atoms with van der Waals surface area (Å²) < 4.78 is 15.3. The van der Waals surface area contributed by atoms with Crippen LogP contribution in [-0.2, 0) is 23.9 Å². The molecule has 0 atom stereocenters. The van der Waals surface area contributed by atoms with Crippen LogP contribution in [0, 0.1) is 0 Å². The highest BCUT2D eigenvalue weighted by Gasteiger charge is 2.47. The van der Waals surface area contributed by atoms with Crippen LogP contribution in [-0.4, -0.2) is 36.0 Å². The molecule has 0 radical (unpaired) electrons. The third kappa shape index (κ3) is 4.15. The van der Waals surface area contributed by atoms with Gasteiger partial charge in [-0.2, -0.15) is 0 Å². The van der Waals surface area contributed by atoms with Gasteiger partial charge in [-0.15, -0.1) is 0 Å². The molecule has 0 amide bonds. The van der Waals surface area contributed by atoms with Gasteiger partial charge < -0.3 is 18.7 Å². The molecular weight excluding hydrogens is 314 g/mol. The van der Waals surface area contributed by atoms with Gasteiger partial charge in [0.2, 0.25) is 11.3 Å². The van der Waals surface area contributed by atoms with E-state index in [1.165, 1.54) is 13.4 Å². The molecular formula is C17H23NO6. The summed E-state index contributed by atoms with van der Waals surface area (Å²) in [5.41, 5.74) is -1.94. The maximum Gasteiger partial charge on any atom is 0.364 e. The summed E-state index contributed by atoms with van der Waals surface area (Å²) in [6.07, 6.45) is 4.02. The fourth-order valence-electron chi connectivity index (χ4n) is 2.48. The van der Waals surface area contributed by atoms with E-state index in [9.17, 15) is 9.59 Å². The van der Waals surface area contributed by atoms with Crippen molar-refractivity contribution in [3.8, 4) is 0 Å². The zero-order valence-electron chi connectivity index (χ0n) is 14.5. The van der Waals surface area contributed by atoms with E-state index in [4.69, 9.17) is 18.7 Å². The summed E-state index contributed by atoms with van der Waals surface area (Å²) in [5.74, 6) is -0.971. The molecule has 1 aliphatic rings. The fourth-order valence-corrected chi connectivity index (χ4v) is 2.48. The standard InChI is InChI=1S/C17H23NO6/c1-16(2,3)23-15(20)17(9-5-6-10-17)24-18-13(14(19)21-4)12-8-7-11-22-12/h7-8,11H,5-6,9-10H2,1-4H3. The number of nitrogens with zero attached hydrogens (tertiary/aromatic N) is 1. The van der Waals surface area contributed by atoms with Crippen molar-refractivity contribution in [3.63, 3.8) is 0 Å². The van der Waals surface area contributed by atoms with Gasteiger partial charge in [0.15, 0.2) is 5.76 Å². The van der Waals surface area contributed by atoms with Crippen molar-refractivity contribution in [1.29, 1.82) is 0 Å². The monoisotopic (exact) mass is 337 g/mol. The normalized spacial score (nSPS) is 17.4. The van der Waals surface area contributed by atoms with Gasteiger partial charge in [0.25, 0.3) is 0 Å². The summed E-state index contributed by atoms with van der Waals surface area (Å²) in [6, 6.07) is 3.18. The Morgan fingerprint density at radius 2 is 1.92 bits per heavy atom. The Morgan fingerprint density at radius 1 is 1.25 bits per heavy atom. The van der Waals surface area contributed by atoms with Crippen molar-refractivity contribution >= 4 is 17.7 Å². The number of rotatable bonds is 5. The Hall–Kier alpha value is -2.31. The molecule has 7 heteroatoms. The largest absolute Gasteiger partial charge is 0.464 e. The van der Waals surface area contributed by atoms with E-state index in [2.05, 4.69) is 5.16 Å². The lowest BCUT2D eigenvalue weighted by molar-refractivity contribution is -0.183. The highest BCUT2D eigenvalue weighted by atomic mass is 16.7. The third-order valence-electron chi connectivity index (χ3n) is 3.63. The first-order valence-corrected chi connectivity index (χ1v) is 7.89. The van der Waals surface area contributed by atoms with E-state index in [1.54, 1.807) is 32.9 Å². The Balaban J connectivity index is 2.26. The Kier molecular flexibility index (Phi) is 5.31. The molecule has 0 bridgehead atoms. The summed E-state index contributed by atoms with van der Waals surface area (Å²) in [5, 5.41) is 3.89. The maximum atomic E-state index is 12.6. The fraction of sp³-hybridized carbons (Fsp3) is 0.588. The van der Waals surface area contributed by atoms with E-state index in [0.29, 0.717) is 12.8 Å². The minimum absolute atomic E-state index is 0.127. The van der Waals surface area contributed by atoms with Crippen molar-refractivity contribution < 1.29 is 28.3 Å². The van der Waals surface area contributed by atoms with Crippen LogP contribution in [0.3, 0.4) is 0 Å². The number of carbonyl (C=O) groups excluding carboxylic acids is 2.